The second-order valence-corrected chi connectivity index (χ2v) is 11.5. The third-order valence-electron chi connectivity index (χ3n) is 6.85. The van der Waals surface area contributed by atoms with E-state index in [1.54, 1.807) is 22.7 Å². The van der Waals surface area contributed by atoms with Crippen LogP contribution in [0.1, 0.15) is 43.7 Å². The number of fused-ring (bicyclic) bond motifs is 1. The maximum atomic E-state index is 14.0. The predicted octanol–water partition coefficient (Wildman–Crippen LogP) is 5.16. The Morgan fingerprint density at radius 3 is 2.52 bits per heavy atom. The van der Waals surface area contributed by atoms with Crippen molar-refractivity contribution in [3.05, 3.63) is 109 Å². The number of amides is 1. The smallest absolute Gasteiger partial charge is 0.271 e. The van der Waals surface area contributed by atoms with E-state index < -0.39 is 6.04 Å². The number of rotatable bonds is 8. The van der Waals surface area contributed by atoms with Crippen molar-refractivity contribution in [1.82, 2.24) is 9.47 Å². The third kappa shape index (κ3) is 5.31. The lowest BCUT2D eigenvalue weighted by Crippen LogP contribution is -2.43. The number of aromatic nitrogens is 1. The number of methoxy groups -OCH3 is 1. The van der Waals surface area contributed by atoms with Gasteiger partial charge in [0.15, 0.2) is 9.89 Å². The Morgan fingerprint density at radius 1 is 1.10 bits per heavy atom. The summed E-state index contributed by atoms with van der Waals surface area (Å²) in [7, 11) is 1.59. The molecule has 0 fully saturated rings. The van der Waals surface area contributed by atoms with E-state index in [9.17, 15) is 9.59 Å². The first-order valence-corrected chi connectivity index (χ1v) is 14.8. The zero-order valence-electron chi connectivity index (χ0n) is 23.1. The zero-order chi connectivity index (χ0) is 28.4. The van der Waals surface area contributed by atoms with Gasteiger partial charge in [0.25, 0.3) is 11.5 Å². The summed E-state index contributed by atoms with van der Waals surface area (Å²) in [6.45, 7) is 8.88. The molecule has 5 rings (SSSR count). The Bertz CT molecular complexity index is 1760. The molecule has 1 atom stereocenters. The second-order valence-electron chi connectivity index (χ2n) is 9.37. The molecule has 206 valence electrons. The summed E-state index contributed by atoms with van der Waals surface area (Å²) in [5, 5.41) is 0.734. The number of furan rings is 1. The number of thiazole rings is 1. The largest absolute Gasteiger partial charge is 0.496 e. The van der Waals surface area contributed by atoms with Gasteiger partial charge in [-0.1, -0.05) is 59.0 Å². The monoisotopic (exact) mass is 573 g/mol. The zero-order valence-corrected chi connectivity index (χ0v) is 24.8. The molecular formula is C31H31N3O4S2. The van der Waals surface area contributed by atoms with Gasteiger partial charge in [-0.25, -0.2) is 4.99 Å². The Morgan fingerprint density at radius 2 is 1.82 bits per heavy atom. The van der Waals surface area contributed by atoms with Crippen LogP contribution in [0.3, 0.4) is 0 Å². The maximum absolute atomic E-state index is 14.0. The van der Waals surface area contributed by atoms with Crippen LogP contribution in [-0.4, -0.2) is 35.6 Å². The lowest BCUT2D eigenvalue weighted by Gasteiger charge is -2.29. The van der Waals surface area contributed by atoms with Crippen molar-refractivity contribution in [3.8, 4) is 5.75 Å². The molecule has 1 aliphatic heterocycles. The lowest BCUT2D eigenvalue weighted by atomic mass is 9.94. The van der Waals surface area contributed by atoms with Gasteiger partial charge in [0.1, 0.15) is 17.6 Å². The Kier molecular flexibility index (Phi) is 8.14. The number of hydrogen-bond donors (Lipinski definition) is 0. The number of ether oxygens (including phenoxy) is 1. The summed E-state index contributed by atoms with van der Waals surface area (Å²) in [5.41, 5.74) is 2.76. The number of nitrogens with zero attached hydrogens (tertiary/aromatic N) is 3. The summed E-state index contributed by atoms with van der Waals surface area (Å²) in [6.07, 6.45) is 1.74. The Labute approximate surface area is 241 Å². The van der Waals surface area contributed by atoms with Crippen LogP contribution in [0.5, 0.6) is 5.75 Å². The molecule has 1 aliphatic rings. The summed E-state index contributed by atoms with van der Waals surface area (Å²) >= 11 is 2.81. The highest BCUT2D eigenvalue weighted by Gasteiger charge is 2.35. The fourth-order valence-corrected chi connectivity index (χ4v) is 6.59. The molecule has 0 unspecified atom stereocenters. The van der Waals surface area contributed by atoms with Crippen molar-refractivity contribution < 1.29 is 13.9 Å². The minimum absolute atomic E-state index is 0.139. The molecule has 3 heterocycles. The van der Waals surface area contributed by atoms with Gasteiger partial charge in [-0.15, -0.1) is 0 Å². The molecule has 2 aromatic carbocycles. The lowest BCUT2D eigenvalue weighted by molar-refractivity contribution is -0.127. The normalized spacial score (nSPS) is 15.1. The van der Waals surface area contributed by atoms with Crippen molar-refractivity contribution in [2.75, 3.05) is 20.2 Å². The van der Waals surface area contributed by atoms with Gasteiger partial charge in [0.2, 0.25) is 0 Å². The van der Waals surface area contributed by atoms with Gasteiger partial charge in [0.05, 0.1) is 22.9 Å². The van der Waals surface area contributed by atoms with Crippen LogP contribution < -0.4 is 19.6 Å². The van der Waals surface area contributed by atoms with Crippen LogP contribution in [0.2, 0.25) is 0 Å². The number of carbonyl (C=O) groups excluding carboxylic acids is 1. The van der Waals surface area contributed by atoms with Crippen LogP contribution >= 0.6 is 23.1 Å². The van der Waals surface area contributed by atoms with Gasteiger partial charge in [-0.05, 0) is 58.0 Å². The first-order valence-electron chi connectivity index (χ1n) is 13.1. The average molecular weight is 574 g/mol. The highest BCUT2D eigenvalue weighted by Crippen LogP contribution is 2.36. The van der Waals surface area contributed by atoms with Crippen LogP contribution in [-0.2, 0) is 4.79 Å². The highest BCUT2D eigenvalue weighted by atomic mass is 32.2. The molecular weight excluding hydrogens is 542 g/mol. The summed E-state index contributed by atoms with van der Waals surface area (Å²) in [6, 6.07) is 18.8. The fourth-order valence-electron chi connectivity index (χ4n) is 4.78. The van der Waals surface area contributed by atoms with Crippen molar-refractivity contribution in [2.45, 2.75) is 43.7 Å². The van der Waals surface area contributed by atoms with Crippen molar-refractivity contribution in [3.63, 3.8) is 0 Å². The van der Waals surface area contributed by atoms with E-state index in [-0.39, 0.29) is 11.5 Å². The maximum Gasteiger partial charge on any atom is 0.271 e. The third-order valence-corrected chi connectivity index (χ3v) is 8.76. The predicted molar refractivity (Wildman–Crippen MR) is 159 cm³/mol. The van der Waals surface area contributed by atoms with E-state index in [4.69, 9.17) is 14.1 Å². The molecule has 2 aromatic heterocycles. The molecule has 0 aliphatic carbocycles. The molecule has 0 saturated carbocycles. The second kappa shape index (κ2) is 11.7. The molecule has 0 bridgehead atoms. The van der Waals surface area contributed by atoms with E-state index >= 15 is 0 Å². The van der Waals surface area contributed by atoms with Gasteiger partial charge < -0.3 is 14.1 Å². The molecule has 0 N–H and O–H groups in total. The van der Waals surface area contributed by atoms with Gasteiger partial charge >= 0.3 is 0 Å². The van der Waals surface area contributed by atoms with E-state index in [2.05, 4.69) is 31.2 Å². The van der Waals surface area contributed by atoms with Crippen LogP contribution in [0, 0.1) is 6.92 Å². The first kappa shape index (κ1) is 27.7. The Balaban J connectivity index is 1.61. The fraction of sp³-hybridized carbons (Fsp3) is 0.258. The minimum Gasteiger partial charge on any atom is -0.496 e. The van der Waals surface area contributed by atoms with E-state index in [1.165, 1.54) is 28.7 Å². The highest BCUT2D eigenvalue weighted by molar-refractivity contribution is 7.99. The molecule has 0 saturated heterocycles. The van der Waals surface area contributed by atoms with Crippen molar-refractivity contribution >= 4 is 35.1 Å². The van der Waals surface area contributed by atoms with Crippen LogP contribution in [0.25, 0.3) is 6.08 Å². The SMILES string of the molecule is CCN(CC)C(=O)C1=C(C)N=c2s/c(=C/c3ccc(Sc4ccc(C)cc4)o3)c(=O)n2[C@@H]1c1ccccc1OC. The molecule has 4 aromatic rings. The van der Waals surface area contributed by atoms with E-state index in [0.29, 0.717) is 45.2 Å². The number of para-hydroxylation sites is 1. The summed E-state index contributed by atoms with van der Waals surface area (Å²) < 4.78 is 13.8. The summed E-state index contributed by atoms with van der Waals surface area (Å²) in [5.74, 6) is 1.04. The van der Waals surface area contributed by atoms with Crippen LogP contribution in [0.15, 0.2) is 96.1 Å². The molecule has 0 spiro atoms. The average Bonchev–Trinajstić information content (AvgIpc) is 3.52. The minimum atomic E-state index is -0.674. The topological polar surface area (TPSA) is 77.0 Å². The number of aryl methyl sites for hydroxylation is 1. The molecule has 7 nitrogen and oxygen atoms in total. The standard InChI is InChI=1S/C31H31N3O4S2/c1-6-33(7-2)30(36)27-20(4)32-31-34(28(27)23-10-8-9-11-24(23)37-5)29(35)25(40-31)18-21-14-17-26(38-21)39-22-15-12-19(3)13-16-22/h8-18,28H,6-7H2,1-5H3/b25-18+/t28-/m1/s1. The number of allylic oxidation sites excluding steroid dienone is 1. The van der Waals surface area contributed by atoms with Crippen LogP contribution in [0.4, 0.5) is 0 Å². The molecule has 9 heteroatoms. The van der Waals surface area contributed by atoms with E-state index in [1.807, 2.05) is 57.2 Å². The number of likely N-dealkylation sites (N-methyl/N-ethyl adjacent to an activating group) is 1. The first-order chi connectivity index (χ1) is 19.3. The molecule has 1 amide bonds. The van der Waals surface area contributed by atoms with E-state index in [0.717, 1.165) is 15.6 Å². The number of benzene rings is 2. The number of hydrogen-bond acceptors (Lipinski definition) is 7. The van der Waals surface area contributed by atoms with Gasteiger partial charge in [-0.2, -0.15) is 0 Å². The molecule has 0 radical (unpaired) electrons. The molecule has 40 heavy (non-hydrogen) atoms. The van der Waals surface area contributed by atoms with Gasteiger partial charge in [-0.3, -0.25) is 14.2 Å². The van der Waals surface area contributed by atoms with Crippen molar-refractivity contribution in [1.29, 1.82) is 0 Å². The van der Waals surface area contributed by atoms with Gasteiger partial charge in [0, 0.05) is 29.6 Å². The van der Waals surface area contributed by atoms with Crippen molar-refractivity contribution in [2.24, 2.45) is 4.99 Å². The quantitative estimate of drug-likeness (QED) is 0.291. The summed E-state index contributed by atoms with van der Waals surface area (Å²) in [4.78, 5) is 35.8. The Hall–Kier alpha value is -3.82. The number of carbonyl (C=O) groups is 1.